The molecule has 0 radical (unpaired) electrons. The van der Waals surface area contributed by atoms with E-state index in [0.29, 0.717) is 12.3 Å². The number of aryl methyl sites for hydroxylation is 1. The summed E-state index contributed by atoms with van der Waals surface area (Å²) in [6.45, 7) is 2.61. The highest BCUT2D eigenvalue weighted by atomic mass is 32.2. The van der Waals surface area contributed by atoms with Crippen LogP contribution in [0.1, 0.15) is 22.5 Å². The summed E-state index contributed by atoms with van der Waals surface area (Å²) in [5.41, 5.74) is 3.06. The third kappa shape index (κ3) is 6.29. The lowest BCUT2D eigenvalue weighted by Crippen LogP contribution is -2.40. The summed E-state index contributed by atoms with van der Waals surface area (Å²) in [5.74, 6) is 0.0803. The SMILES string of the molecule is Cc1ccc(S(=O)(=O)N(CC(=O)NCc2ccccc2CN(C)C)Cc2ccco2)cc1. The summed E-state index contributed by atoms with van der Waals surface area (Å²) in [6, 6.07) is 17.8. The van der Waals surface area contributed by atoms with Gasteiger partial charge < -0.3 is 14.6 Å². The number of rotatable bonds is 10. The maximum atomic E-state index is 13.3. The van der Waals surface area contributed by atoms with E-state index < -0.39 is 10.0 Å². The molecule has 0 spiro atoms. The van der Waals surface area contributed by atoms with Crippen LogP contribution in [0.5, 0.6) is 0 Å². The Morgan fingerprint density at radius 3 is 2.25 bits per heavy atom. The Bertz CT molecular complexity index is 1120. The van der Waals surface area contributed by atoms with E-state index in [2.05, 4.69) is 10.2 Å². The predicted molar refractivity (Wildman–Crippen MR) is 123 cm³/mol. The van der Waals surface area contributed by atoms with Crippen molar-refractivity contribution in [1.82, 2.24) is 14.5 Å². The van der Waals surface area contributed by atoms with Crippen molar-refractivity contribution < 1.29 is 17.6 Å². The van der Waals surface area contributed by atoms with Gasteiger partial charge in [-0.25, -0.2) is 8.42 Å². The molecule has 32 heavy (non-hydrogen) atoms. The minimum atomic E-state index is -3.89. The van der Waals surface area contributed by atoms with Crippen LogP contribution in [0.4, 0.5) is 0 Å². The van der Waals surface area contributed by atoms with E-state index in [9.17, 15) is 13.2 Å². The Hall–Kier alpha value is -2.94. The van der Waals surface area contributed by atoms with Gasteiger partial charge in [0.05, 0.1) is 24.2 Å². The number of hydrogen-bond acceptors (Lipinski definition) is 5. The zero-order valence-corrected chi connectivity index (χ0v) is 19.4. The molecule has 8 heteroatoms. The number of furan rings is 1. The molecule has 0 saturated carbocycles. The van der Waals surface area contributed by atoms with Gasteiger partial charge in [0, 0.05) is 13.1 Å². The number of benzene rings is 2. The van der Waals surface area contributed by atoms with Crippen molar-refractivity contribution in [2.45, 2.75) is 31.5 Å². The minimum Gasteiger partial charge on any atom is -0.468 e. The highest BCUT2D eigenvalue weighted by Crippen LogP contribution is 2.19. The summed E-state index contributed by atoms with van der Waals surface area (Å²) >= 11 is 0. The molecule has 3 aromatic rings. The fraction of sp³-hybridized carbons (Fsp3) is 0.292. The number of hydrogen-bond donors (Lipinski definition) is 1. The molecule has 0 aliphatic carbocycles. The van der Waals surface area contributed by atoms with Crippen molar-refractivity contribution in [2.24, 2.45) is 0 Å². The maximum Gasteiger partial charge on any atom is 0.243 e. The molecule has 0 unspecified atom stereocenters. The molecule has 7 nitrogen and oxygen atoms in total. The van der Waals surface area contributed by atoms with Gasteiger partial charge in [-0.1, -0.05) is 42.0 Å². The molecule has 1 N–H and O–H groups in total. The topological polar surface area (TPSA) is 82.9 Å². The van der Waals surface area contributed by atoms with Crippen LogP contribution in [0, 0.1) is 6.92 Å². The molecular weight excluding hydrogens is 426 g/mol. The minimum absolute atomic E-state index is 0.0339. The van der Waals surface area contributed by atoms with E-state index in [1.807, 2.05) is 45.3 Å². The average molecular weight is 456 g/mol. The third-order valence-electron chi connectivity index (χ3n) is 4.97. The van der Waals surface area contributed by atoms with Gasteiger partial charge in [-0.15, -0.1) is 0 Å². The van der Waals surface area contributed by atoms with Crippen molar-refractivity contribution >= 4 is 15.9 Å². The second-order valence-corrected chi connectivity index (χ2v) is 9.89. The lowest BCUT2D eigenvalue weighted by Gasteiger charge is -2.21. The van der Waals surface area contributed by atoms with Crippen molar-refractivity contribution in [3.63, 3.8) is 0 Å². The second-order valence-electron chi connectivity index (χ2n) is 7.95. The highest BCUT2D eigenvalue weighted by Gasteiger charge is 2.27. The van der Waals surface area contributed by atoms with E-state index in [0.717, 1.165) is 27.5 Å². The summed E-state index contributed by atoms with van der Waals surface area (Å²) < 4.78 is 33.0. The Morgan fingerprint density at radius 2 is 1.62 bits per heavy atom. The maximum absolute atomic E-state index is 13.3. The molecule has 0 atom stereocenters. The smallest absolute Gasteiger partial charge is 0.243 e. The number of nitrogens with one attached hydrogen (secondary N) is 1. The van der Waals surface area contributed by atoms with Gasteiger partial charge in [0.15, 0.2) is 0 Å². The van der Waals surface area contributed by atoms with E-state index in [1.54, 1.807) is 36.4 Å². The van der Waals surface area contributed by atoms with Crippen molar-refractivity contribution in [2.75, 3.05) is 20.6 Å². The molecule has 170 valence electrons. The molecule has 1 aromatic heterocycles. The van der Waals surface area contributed by atoms with Gasteiger partial charge in [-0.2, -0.15) is 4.31 Å². The Kier molecular flexibility index (Phi) is 7.84. The fourth-order valence-electron chi connectivity index (χ4n) is 3.30. The number of amides is 1. The normalized spacial score (nSPS) is 11.8. The first-order chi connectivity index (χ1) is 15.3. The Morgan fingerprint density at radius 1 is 0.938 bits per heavy atom. The van der Waals surface area contributed by atoms with Crippen LogP contribution >= 0.6 is 0 Å². The van der Waals surface area contributed by atoms with Gasteiger partial charge in [-0.3, -0.25) is 4.79 Å². The van der Waals surface area contributed by atoms with Gasteiger partial charge in [0.2, 0.25) is 15.9 Å². The van der Waals surface area contributed by atoms with Crippen LogP contribution < -0.4 is 5.32 Å². The average Bonchev–Trinajstić information content (AvgIpc) is 3.26. The summed E-state index contributed by atoms with van der Waals surface area (Å²) in [5, 5.41) is 2.86. The van der Waals surface area contributed by atoms with Gasteiger partial charge in [0.1, 0.15) is 5.76 Å². The Balaban J connectivity index is 1.75. The zero-order chi connectivity index (χ0) is 23.1. The van der Waals surface area contributed by atoms with Crippen molar-refractivity contribution in [1.29, 1.82) is 0 Å². The molecule has 0 aliphatic rings. The molecule has 2 aromatic carbocycles. The lowest BCUT2D eigenvalue weighted by molar-refractivity contribution is -0.121. The first-order valence-corrected chi connectivity index (χ1v) is 11.8. The van der Waals surface area contributed by atoms with E-state index in [-0.39, 0.29) is 23.9 Å². The summed E-state index contributed by atoms with van der Waals surface area (Å²) in [7, 11) is 0.0777. The summed E-state index contributed by atoms with van der Waals surface area (Å²) in [6.07, 6.45) is 1.48. The number of nitrogens with zero attached hydrogens (tertiary/aromatic N) is 2. The fourth-order valence-corrected chi connectivity index (χ4v) is 4.66. The number of carbonyl (C=O) groups is 1. The molecule has 0 bridgehead atoms. The zero-order valence-electron chi connectivity index (χ0n) is 18.6. The van der Waals surface area contributed by atoms with Gasteiger partial charge >= 0.3 is 0 Å². The van der Waals surface area contributed by atoms with Crippen LogP contribution in [0.3, 0.4) is 0 Å². The largest absolute Gasteiger partial charge is 0.468 e. The molecule has 1 amide bonds. The molecule has 0 aliphatic heterocycles. The predicted octanol–water partition coefficient (Wildman–Crippen LogP) is 3.16. The molecule has 3 rings (SSSR count). The monoisotopic (exact) mass is 455 g/mol. The van der Waals surface area contributed by atoms with Crippen LogP contribution in [0.25, 0.3) is 0 Å². The molecule has 1 heterocycles. The Labute approximate surface area is 189 Å². The highest BCUT2D eigenvalue weighted by molar-refractivity contribution is 7.89. The third-order valence-corrected chi connectivity index (χ3v) is 6.78. The van der Waals surface area contributed by atoms with E-state index in [1.165, 1.54) is 6.26 Å². The van der Waals surface area contributed by atoms with Crippen LogP contribution in [0.15, 0.2) is 76.2 Å². The van der Waals surface area contributed by atoms with Crippen LogP contribution in [-0.4, -0.2) is 44.2 Å². The number of carbonyl (C=O) groups excluding carboxylic acids is 1. The van der Waals surface area contributed by atoms with Crippen LogP contribution in [-0.2, 0) is 34.5 Å². The van der Waals surface area contributed by atoms with Gasteiger partial charge in [0.25, 0.3) is 0 Å². The van der Waals surface area contributed by atoms with Crippen molar-refractivity contribution in [3.8, 4) is 0 Å². The second kappa shape index (κ2) is 10.6. The van der Waals surface area contributed by atoms with Crippen LogP contribution in [0.2, 0.25) is 0 Å². The first-order valence-electron chi connectivity index (χ1n) is 10.3. The van der Waals surface area contributed by atoms with E-state index >= 15 is 0 Å². The molecular formula is C24H29N3O4S. The summed E-state index contributed by atoms with van der Waals surface area (Å²) in [4.78, 5) is 15.0. The first kappa shape index (κ1) is 23.7. The molecule has 0 saturated heterocycles. The quantitative estimate of drug-likeness (QED) is 0.508. The molecule has 0 fully saturated rings. The lowest BCUT2D eigenvalue weighted by atomic mass is 10.1. The van der Waals surface area contributed by atoms with Gasteiger partial charge in [-0.05, 0) is 56.4 Å². The standard InChI is InChI=1S/C24H29N3O4S/c1-19-10-12-23(13-11-19)32(29,30)27(17-22-9-6-14-31-22)18-24(28)25-15-20-7-4-5-8-21(20)16-26(2)3/h4-14H,15-18H2,1-3H3,(H,25,28). The van der Waals surface area contributed by atoms with E-state index in [4.69, 9.17) is 4.42 Å². The van der Waals surface area contributed by atoms with Crippen molar-refractivity contribution in [3.05, 3.63) is 89.4 Å². The number of sulfonamides is 1.